The average Bonchev–Trinajstić information content (AvgIpc) is 2.68. The zero-order chi connectivity index (χ0) is 11.5. The van der Waals surface area contributed by atoms with E-state index in [-0.39, 0.29) is 0 Å². The molecule has 2 N–H and O–H groups in total. The molecule has 0 atom stereocenters. The highest BCUT2D eigenvalue weighted by Gasteiger charge is 2.03. The van der Waals surface area contributed by atoms with Crippen molar-refractivity contribution in [2.45, 2.75) is 6.54 Å². The number of hydrogen-bond acceptors (Lipinski definition) is 2. The molecule has 0 radical (unpaired) electrons. The number of thioether (sulfide) groups is 1. The molecule has 1 heterocycles. The smallest absolute Gasteiger partial charge is 0.104 e. The van der Waals surface area contributed by atoms with Crippen molar-refractivity contribution in [3.8, 4) is 0 Å². The van der Waals surface area contributed by atoms with Gasteiger partial charge in [-0.1, -0.05) is 24.4 Å². The van der Waals surface area contributed by atoms with E-state index in [1.807, 2.05) is 17.8 Å². The summed E-state index contributed by atoms with van der Waals surface area (Å²) in [7, 11) is 0. The summed E-state index contributed by atoms with van der Waals surface area (Å²) in [4.78, 5) is 0.458. The quantitative estimate of drug-likeness (QED) is 0.846. The third kappa shape index (κ3) is 2.23. The Labute approximate surface area is 105 Å². The Morgan fingerprint density at radius 1 is 1.44 bits per heavy atom. The Balaban J connectivity index is 2.43. The predicted octanol–water partition coefficient (Wildman–Crippen LogP) is 2.64. The van der Waals surface area contributed by atoms with Crippen LogP contribution < -0.4 is 5.73 Å². The molecule has 1 aromatic heterocycles. The molecule has 0 fully saturated rings. The zero-order valence-electron chi connectivity index (χ0n) is 9.14. The number of hydrogen-bond donors (Lipinski definition) is 1. The van der Waals surface area contributed by atoms with Crippen LogP contribution in [-0.4, -0.2) is 21.6 Å². The van der Waals surface area contributed by atoms with Gasteiger partial charge in [-0.2, -0.15) is 11.8 Å². The summed E-state index contributed by atoms with van der Waals surface area (Å²) in [5.41, 5.74) is 7.79. The van der Waals surface area contributed by atoms with E-state index in [1.54, 1.807) is 0 Å². The second-order valence-electron chi connectivity index (χ2n) is 3.64. The van der Waals surface area contributed by atoms with E-state index in [0.29, 0.717) is 4.99 Å². The van der Waals surface area contributed by atoms with Crippen LogP contribution in [0.15, 0.2) is 30.5 Å². The SMILES string of the molecule is CSCCn1ccc2ccc(C(N)=S)cc21. The lowest BCUT2D eigenvalue weighted by Crippen LogP contribution is -2.09. The highest BCUT2D eigenvalue weighted by Crippen LogP contribution is 2.18. The van der Waals surface area contributed by atoms with Gasteiger partial charge in [0.05, 0.1) is 0 Å². The van der Waals surface area contributed by atoms with Crippen LogP contribution in [0.4, 0.5) is 0 Å². The van der Waals surface area contributed by atoms with Crippen molar-refractivity contribution in [2.75, 3.05) is 12.0 Å². The number of aryl methyl sites for hydroxylation is 1. The molecule has 2 aromatic rings. The first-order chi connectivity index (χ1) is 7.72. The van der Waals surface area contributed by atoms with Crippen LogP contribution in [0.1, 0.15) is 5.56 Å². The van der Waals surface area contributed by atoms with Crippen molar-refractivity contribution in [2.24, 2.45) is 5.73 Å². The normalized spacial score (nSPS) is 10.8. The monoisotopic (exact) mass is 250 g/mol. The van der Waals surface area contributed by atoms with Crippen LogP contribution >= 0.6 is 24.0 Å². The van der Waals surface area contributed by atoms with Gasteiger partial charge in [0, 0.05) is 29.6 Å². The molecule has 0 spiro atoms. The molecule has 2 nitrogen and oxygen atoms in total. The molecule has 0 saturated heterocycles. The van der Waals surface area contributed by atoms with E-state index in [1.165, 1.54) is 10.9 Å². The topological polar surface area (TPSA) is 30.9 Å². The highest BCUT2D eigenvalue weighted by molar-refractivity contribution is 7.98. The summed E-state index contributed by atoms with van der Waals surface area (Å²) in [5.74, 6) is 1.11. The first-order valence-electron chi connectivity index (χ1n) is 5.10. The van der Waals surface area contributed by atoms with Crippen LogP contribution in [0, 0.1) is 0 Å². The summed E-state index contributed by atoms with van der Waals surface area (Å²) in [6.07, 6.45) is 4.23. The summed E-state index contributed by atoms with van der Waals surface area (Å²) >= 11 is 6.84. The van der Waals surface area contributed by atoms with Gasteiger partial charge < -0.3 is 10.3 Å². The number of aromatic nitrogens is 1. The van der Waals surface area contributed by atoms with Gasteiger partial charge in [0.2, 0.25) is 0 Å². The van der Waals surface area contributed by atoms with Gasteiger partial charge in [-0.05, 0) is 23.8 Å². The van der Waals surface area contributed by atoms with Crippen LogP contribution in [0.5, 0.6) is 0 Å². The minimum Gasteiger partial charge on any atom is -0.389 e. The number of benzene rings is 1. The Bertz CT molecular complexity index is 517. The number of nitrogens with two attached hydrogens (primary N) is 1. The average molecular weight is 250 g/mol. The van der Waals surface area contributed by atoms with Crippen molar-refractivity contribution in [1.29, 1.82) is 0 Å². The fourth-order valence-electron chi connectivity index (χ4n) is 1.72. The lowest BCUT2D eigenvalue weighted by Gasteiger charge is -2.05. The van der Waals surface area contributed by atoms with Gasteiger partial charge in [-0.25, -0.2) is 0 Å². The van der Waals surface area contributed by atoms with Crippen LogP contribution in [0.3, 0.4) is 0 Å². The van der Waals surface area contributed by atoms with Crippen molar-refractivity contribution in [1.82, 2.24) is 4.57 Å². The van der Waals surface area contributed by atoms with E-state index < -0.39 is 0 Å². The minimum absolute atomic E-state index is 0.458. The number of nitrogens with zero attached hydrogens (tertiary/aromatic N) is 1. The van der Waals surface area contributed by atoms with Crippen LogP contribution in [-0.2, 0) is 6.54 Å². The number of thiocarbonyl (C=S) groups is 1. The summed E-state index contributed by atoms with van der Waals surface area (Å²) in [5, 5.41) is 1.24. The van der Waals surface area contributed by atoms with Gasteiger partial charge in [0.1, 0.15) is 4.99 Å². The second kappa shape index (κ2) is 4.89. The molecule has 0 bridgehead atoms. The molecule has 84 valence electrons. The van der Waals surface area contributed by atoms with E-state index in [4.69, 9.17) is 18.0 Å². The maximum atomic E-state index is 5.64. The first-order valence-corrected chi connectivity index (χ1v) is 6.90. The van der Waals surface area contributed by atoms with E-state index >= 15 is 0 Å². The van der Waals surface area contributed by atoms with Gasteiger partial charge in [0.15, 0.2) is 0 Å². The first kappa shape index (κ1) is 11.5. The third-order valence-electron chi connectivity index (χ3n) is 2.59. The van der Waals surface area contributed by atoms with Crippen LogP contribution in [0.2, 0.25) is 0 Å². The molecule has 1 aromatic carbocycles. The van der Waals surface area contributed by atoms with Gasteiger partial charge in [0.25, 0.3) is 0 Å². The lowest BCUT2D eigenvalue weighted by atomic mass is 10.1. The fourth-order valence-corrected chi connectivity index (χ4v) is 2.23. The Hall–Kier alpha value is -1.00. The molecule has 2 rings (SSSR count). The maximum Gasteiger partial charge on any atom is 0.104 e. The van der Waals surface area contributed by atoms with Crippen molar-refractivity contribution < 1.29 is 0 Å². The summed E-state index contributed by atoms with van der Waals surface area (Å²) in [6.45, 7) is 1.02. The molecule has 16 heavy (non-hydrogen) atoms. The number of rotatable bonds is 4. The second-order valence-corrected chi connectivity index (χ2v) is 5.07. The van der Waals surface area contributed by atoms with E-state index in [0.717, 1.165) is 17.9 Å². The Kier molecular flexibility index (Phi) is 3.51. The standard InChI is InChI=1S/C12H14N2S2/c1-16-7-6-14-5-4-9-2-3-10(12(13)15)8-11(9)14/h2-5,8H,6-7H2,1H3,(H2,13,15). The molecule has 0 aliphatic heterocycles. The molecule has 0 unspecified atom stereocenters. The van der Waals surface area contributed by atoms with Crippen molar-refractivity contribution in [3.63, 3.8) is 0 Å². The Morgan fingerprint density at radius 2 is 2.25 bits per heavy atom. The molecular weight excluding hydrogens is 236 g/mol. The molecule has 0 aliphatic carbocycles. The highest BCUT2D eigenvalue weighted by atomic mass is 32.2. The number of fused-ring (bicyclic) bond motifs is 1. The maximum absolute atomic E-state index is 5.64. The van der Waals surface area contributed by atoms with Gasteiger partial charge >= 0.3 is 0 Å². The van der Waals surface area contributed by atoms with E-state index in [2.05, 4.69) is 35.2 Å². The van der Waals surface area contributed by atoms with E-state index in [9.17, 15) is 0 Å². The minimum atomic E-state index is 0.458. The summed E-state index contributed by atoms with van der Waals surface area (Å²) in [6, 6.07) is 8.24. The van der Waals surface area contributed by atoms with Gasteiger partial charge in [-0.15, -0.1) is 0 Å². The van der Waals surface area contributed by atoms with Crippen molar-refractivity contribution >= 4 is 39.9 Å². The third-order valence-corrected chi connectivity index (χ3v) is 3.42. The Morgan fingerprint density at radius 3 is 2.94 bits per heavy atom. The lowest BCUT2D eigenvalue weighted by molar-refractivity contribution is 0.808. The predicted molar refractivity (Wildman–Crippen MR) is 76.2 cm³/mol. The molecular formula is C12H14N2S2. The van der Waals surface area contributed by atoms with Crippen LogP contribution in [0.25, 0.3) is 10.9 Å². The molecule has 0 aliphatic rings. The zero-order valence-corrected chi connectivity index (χ0v) is 10.8. The fraction of sp³-hybridized carbons (Fsp3) is 0.250. The molecule has 0 saturated carbocycles. The molecule has 0 amide bonds. The largest absolute Gasteiger partial charge is 0.389 e. The van der Waals surface area contributed by atoms with Crippen molar-refractivity contribution in [3.05, 3.63) is 36.0 Å². The summed E-state index contributed by atoms with van der Waals surface area (Å²) < 4.78 is 2.24. The van der Waals surface area contributed by atoms with Gasteiger partial charge in [-0.3, -0.25) is 0 Å². The molecule has 4 heteroatoms.